The molecule has 1 aromatic rings. The molecule has 0 spiro atoms. The highest BCUT2D eigenvalue weighted by atomic mass is 35.5. The number of rotatable bonds is 12. The fourth-order valence-corrected chi connectivity index (χ4v) is 5.46. The molecule has 1 saturated carbocycles. The van der Waals surface area contributed by atoms with Gasteiger partial charge in [-0.3, -0.25) is 9.59 Å². The molecule has 2 aliphatic rings. The van der Waals surface area contributed by atoms with Gasteiger partial charge in [-0.15, -0.1) is 0 Å². The number of hydrogen-bond donors (Lipinski definition) is 2. The van der Waals surface area contributed by atoms with Crippen LogP contribution in [0.5, 0.6) is 0 Å². The molecule has 12 heteroatoms. The van der Waals surface area contributed by atoms with Gasteiger partial charge in [-0.05, 0) is 43.7 Å². The third-order valence-electron chi connectivity index (χ3n) is 6.31. The monoisotopic (exact) mass is 587 g/mol. The number of nitrogens with zero attached hydrogens (tertiary/aromatic N) is 1. The SMILES string of the molecule is C=C(/C=C\C(Cl)=C(/C)Cl)[C@@H]1C[C@H]1NCCS(=O)(=O)C[C@@H](NC(=O)c1ccc(F)cc1)C(=O)N1CCOCC1. The molecule has 0 radical (unpaired) electrons. The van der Waals surface area contributed by atoms with Gasteiger partial charge in [0.25, 0.3) is 5.91 Å². The summed E-state index contributed by atoms with van der Waals surface area (Å²) in [6.45, 7) is 7.17. The van der Waals surface area contributed by atoms with E-state index in [2.05, 4.69) is 17.2 Å². The van der Waals surface area contributed by atoms with Crippen molar-refractivity contribution in [3.63, 3.8) is 0 Å². The second-order valence-corrected chi connectivity index (χ2v) is 12.5. The minimum atomic E-state index is -3.73. The van der Waals surface area contributed by atoms with Crippen molar-refractivity contribution in [1.29, 1.82) is 0 Å². The fraction of sp³-hybridized carbons (Fsp3) is 0.462. The molecular formula is C26H32Cl2FN3O5S. The third kappa shape index (κ3) is 9.20. The summed E-state index contributed by atoms with van der Waals surface area (Å²) in [6, 6.07) is 3.60. The van der Waals surface area contributed by atoms with Crippen LogP contribution in [0.1, 0.15) is 23.7 Å². The van der Waals surface area contributed by atoms with Crippen molar-refractivity contribution in [3.05, 3.63) is 70.0 Å². The number of carbonyl (C=O) groups is 2. The maximum atomic E-state index is 13.2. The van der Waals surface area contributed by atoms with Gasteiger partial charge >= 0.3 is 0 Å². The average molecular weight is 589 g/mol. The molecule has 0 aromatic heterocycles. The summed E-state index contributed by atoms with van der Waals surface area (Å²) in [4.78, 5) is 27.3. The van der Waals surface area contributed by atoms with E-state index in [-0.39, 0.29) is 29.8 Å². The van der Waals surface area contributed by atoms with Gasteiger partial charge < -0.3 is 20.3 Å². The van der Waals surface area contributed by atoms with Gasteiger partial charge in [0.2, 0.25) is 5.91 Å². The molecule has 0 bridgehead atoms. The number of carbonyl (C=O) groups excluding carboxylic acids is 2. The summed E-state index contributed by atoms with van der Waals surface area (Å²) in [7, 11) is -3.73. The normalized spacial score (nSPS) is 21.1. The molecule has 38 heavy (non-hydrogen) atoms. The van der Waals surface area contributed by atoms with Gasteiger partial charge in [0, 0.05) is 42.2 Å². The molecule has 1 aliphatic carbocycles. The Labute approximate surface area is 232 Å². The van der Waals surface area contributed by atoms with E-state index in [0.717, 1.165) is 24.1 Å². The van der Waals surface area contributed by atoms with Crippen LogP contribution >= 0.6 is 23.2 Å². The molecule has 2 amide bonds. The topological polar surface area (TPSA) is 105 Å². The van der Waals surface area contributed by atoms with Crippen molar-refractivity contribution < 1.29 is 27.1 Å². The lowest BCUT2D eigenvalue weighted by Gasteiger charge is -2.30. The van der Waals surface area contributed by atoms with Crippen molar-refractivity contribution in [2.24, 2.45) is 5.92 Å². The van der Waals surface area contributed by atoms with Crippen LogP contribution < -0.4 is 10.6 Å². The summed E-state index contributed by atoms with van der Waals surface area (Å²) >= 11 is 11.8. The second kappa shape index (κ2) is 13.7. The lowest BCUT2D eigenvalue weighted by atomic mass is 10.1. The smallest absolute Gasteiger partial charge is 0.251 e. The van der Waals surface area contributed by atoms with E-state index < -0.39 is 39.3 Å². The third-order valence-corrected chi connectivity index (χ3v) is 8.69. The molecule has 2 fully saturated rings. The van der Waals surface area contributed by atoms with Crippen LogP contribution in [0.25, 0.3) is 0 Å². The number of amides is 2. The molecular weight excluding hydrogens is 556 g/mol. The van der Waals surface area contributed by atoms with Crippen LogP contribution in [0.3, 0.4) is 0 Å². The van der Waals surface area contributed by atoms with Crippen molar-refractivity contribution in [3.8, 4) is 0 Å². The van der Waals surface area contributed by atoms with Crippen LogP contribution in [-0.2, 0) is 19.4 Å². The standard InChI is InChI=1S/C26H32Cl2FN3O5S/c1-17(3-8-22(28)18(2)27)21-15-23(21)30-9-14-38(35,36)16-24(26(34)32-10-12-37-13-11-32)31-25(33)19-4-6-20(29)7-5-19/h3-8,21,23-24,30H,1,9-16H2,2H3,(H,31,33)/b8-3-,22-18-/t21-,23+,24+/m0/s1. The van der Waals surface area contributed by atoms with Crippen LogP contribution in [0, 0.1) is 11.7 Å². The Morgan fingerprint density at radius 1 is 1.21 bits per heavy atom. The van der Waals surface area contributed by atoms with Crippen molar-refractivity contribution in [1.82, 2.24) is 15.5 Å². The zero-order valence-corrected chi connectivity index (χ0v) is 23.4. The van der Waals surface area contributed by atoms with Crippen LogP contribution in [0.15, 0.2) is 58.6 Å². The van der Waals surface area contributed by atoms with Crippen LogP contribution in [-0.4, -0.2) is 81.6 Å². The summed E-state index contributed by atoms with van der Waals surface area (Å²) in [5, 5.41) is 6.65. The molecule has 1 heterocycles. The van der Waals surface area contributed by atoms with Crippen LogP contribution in [0.4, 0.5) is 4.39 Å². The van der Waals surface area contributed by atoms with Crippen LogP contribution in [0.2, 0.25) is 0 Å². The first-order valence-electron chi connectivity index (χ1n) is 12.2. The maximum absolute atomic E-state index is 13.2. The Bertz CT molecular complexity index is 1190. The minimum absolute atomic E-state index is 0.0890. The highest BCUT2D eigenvalue weighted by molar-refractivity contribution is 7.91. The quantitative estimate of drug-likeness (QED) is 0.364. The lowest BCUT2D eigenvalue weighted by Crippen LogP contribution is -2.54. The number of morpholine rings is 1. The Morgan fingerprint density at radius 3 is 2.50 bits per heavy atom. The van der Waals surface area contributed by atoms with E-state index in [1.807, 2.05) is 0 Å². The first-order chi connectivity index (χ1) is 18.0. The van der Waals surface area contributed by atoms with Gasteiger partial charge in [-0.25, -0.2) is 12.8 Å². The van der Waals surface area contributed by atoms with Crippen molar-refractivity contribution in [2.75, 3.05) is 44.4 Å². The number of halogens is 3. The van der Waals surface area contributed by atoms with Gasteiger partial charge in [0.05, 0.1) is 29.8 Å². The number of allylic oxidation sites excluding steroid dienone is 4. The molecule has 3 rings (SSSR count). The van der Waals surface area contributed by atoms with E-state index >= 15 is 0 Å². The Hall–Kier alpha value is -2.24. The van der Waals surface area contributed by atoms with E-state index in [0.29, 0.717) is 36.4 Å². The Kier molecular flexibility index (Phi) is 10.9. The van der Waals surface area contributed by atoms with E-state index in [1.54, 1.807) is 19.1 Å². The highest BCUT2D eigenvalue weighted by Gasteiger charge is 2.38. The average Bonchev–Trinajstić information content (AvgIpc) is 3.66. The molecule has 1 saturated heterocycles. The minimum Gasteiger partial charge on any atom is -0.378 e. The predicted octanol–water partition coefficient (Wildman–Crippen LogP) is 3.00. The summed E-state index contributed by atoms with van der Waals surface area (Å²) in [5.74, 6) is -2.26. The number of hydrogen-bond acceptors (Lipinski definition) is 6. The second-order valence-electron chi connectivity index (χ2n) is 9.28. The zero-order chi connectivity index (χ0) is 27.9. The zero-order valence-electron chi connectivity index (χ0n) is 21.1. The lowest BCUT2D eigenvalue weighted by molar-refractivity contribution is -0.136. The number of sulfone groups is 1. The number of ether oxygens (including phenoxy) is 1. The Morgan fingerprint density at radius 2 is 1.87 bits per heavy atom. The van der Waals surface area contributed by atoms with Gasteiger partial charge in [-0.2, -0.15) is 0 Å². The maximum Gasteiger partial charge on any atom is 0.251 e. The van der Waals surface area contributed by atoms with Gasteiger partial charge in [-0.1, -0.05) is 41.4 Å². The highest BCUT2D eigenvalue weighted by Crippen LogP contribution is 2.37. The predicted molar refractivity (Wildman–Crippen MR) is 146 cm³/mol. The number of benzene rings is 1. The van der Waals surface area contributed by atoms with Crippen molar-refractivity contribution >= 4 is 44.9 Å². The molecule has 1 aliphatic heterocycles. The summed E-state index contributed by atoms with van der Waals surface area (Å²) in [5.41, 5.74) is 0.985. The van der Waals surface area contributed by atoms with E-state index in [1.165, 1.54) is 17.0 Å². The van der Waals surface area contributed by atoms with Gasteiger partial charge in [0.15, 0.2) is 9.84 Å². The summed E-state index contributed by atoms with van der Waals surface area (Å²) < 4.78 is 44.4. The van der Waals surface area contributed by atoms with Gasteiger partial charge in [0.1, 0.15) is 11.9 Å². The fourth-order valence-electron chi connectivity index (χ4n) is 4.01. The molecule has 0 unspecified atom stereocenters. The van der Waals surface area contributed by atoms with Crippen molar-refractivity contribution in [2.45, 2.75) is 25.4 Å². The molecule has 3 atom stereocenters. The number of nitrogens with one attached hydrogen (secondary N) is 2. The largest absolute Gasteiger partial charge is 0.378 e. The Balaban J connectivity index is 1.57. The molecule has 8 nitrogen and oxygen atoms in total. The first kappa shape index (κ1) is 30.3. The van der Waals surface area contributed by atoms with E-state index in [4.69, 9.17) is 27.9 Å². The first-order valence-corrected chi connectivity index (χ1v) is 14.8. The van der Waals surface area contributed by atoms with E-state index in [9.17, 15) is 22.4 Å². The summed E-state index contributed by atoms with van der Waals surface area (Å²) in [6.07, 6.45) is 4.29. The molecule has 1 aromatic carbocycles. The molecule has 2 N–H and O–H groups in total. The molecule has 208 valence electrons.